The lowest BCUT2D eigenvalue weighted by atomic mass is 10.2. The zero-order valence-corrected chi connectivity index (χ0v) is 14.6. The van der Waals surface area contributed by atoms with E-state index in [1.807, 2.05) is 0 Å². The highest BCUT2D eigenvalue weighted by molar-refractivity contribution is 9.10. The predicted molar refractivity (Wildman–Crippen MR) is 89.5 cm³/mol. The van der Waals surface area contributed by atoms with Gasteiger partial charge < -0.3 is 14.0 Å². The first-order valence-corrected chi connectivity index (χ1v) is 7.95. The van der Waals surface area contributed by atoms with Gasteiger partial charge in [0.05, 0.1) is 12.7 Å². The molecular formula is C17H12BrFN2O4. The molecule has 0 amide bonds. The van der Waals surface area contributed by atoms with Gasteiger partial charge in [-0.25, -0.2) is 9.18 Å². The smallest absolute Gasteiger partial charge is 0.341 e. The number of esters is 1. The highest BCUT2D eigenvalue weighted by Gasteiger charge is 2.16. The summed E-state index contributed by atoms with van der Waals surface area (Å²) < 4.78 is 29.5. The summed E-state index contributed by atoms with van der Waals surface area (Å²) >= 11 is 3.12. The molecule has 0 saturated heterocycles. The summed E-state index contributed by atoms with van der Waals surface area (Å²) in [5, 5.41) is 3.74. The van der Waals surface area contributed by atoms with Gasteiger partial charge in [-0.2, -0.15) is 4.98 Å². The fourth-order valence-electron chi connectivity index (χ4n) is 2.03. The summed E-state index contributed by atoms with van der Waals surface area (Å²) in [6.45, 7) is -0.228. The Labute approximate surface area is 150 Å². The number of carbonyl (C=O) groups is 1. The van der Waals surface area contributed by atoms with Crippen molar-refractivity contribution in [3.05, 3.63) is 64.1 Å². The molecule has 25 heavy (non-hydrogen) atoms. The van der Waals surface area contributed by atoms with Gasteiger partial charge in [0, 0.05) is 10.0 Å². The number of carbonyl (C=O) groups excluding carboxylic acids is 1. The van der Waals surface area contributed by atoms with Crippen LogP contribution >= 0.6 is 15.9 Å². The number of rotatable bonds is 5. The van der Waals surface area contributed by atoms with Crippen molar-refractivity contribution in [2.24, 2.45) is 0 Å². The van der Waals surface area contributed by atoms with Crippen LogP contribution in [0.3, 0.4) is 0 Å². The van der Waals surface area contributed by atoms with Gasteiger partial charge >= 0.3 is 5.97 Å². The summed E-state index contributed by atoms with van der Waals surface area (Å²) in [4.78, 5) is 16.1. The van der Waals surface area contributed by atoms with Crippen molar-refractivity contribution < 1.29 is 23.2 Å². The van der Waals surface area contributed by atoms with E-state index in [1.165, 1.54) is 12.1 Å². The van der Waals surface area contributed by atoms with E-state index in [0.717, 1.165) is 0 Å². The normalized spacial score (nSPS) is 10.5. The van der Waals surface area contributed by atoms with E-state index < -0.39 is 11.8 Å². The van der Waals surface area contributed by atoms with Crippen LogP contribution in [0.5, 0.6) is 5.75 Å². The van der Waals surface area contributed by atoms with Gasteiger partial charge in [-0.15, -0.1) is 0 Å². The first-order chi connectivity index (χ1) is 12.1. The van der Waals surface area contributed by atoms with E-state index >= 15 is 0 Å². The fraction of sp³-hybridized carbons (Fsp3) is 0.118. The van der Waals surface area contributed by atoms with Gasteiger partial charge in [0.1, 0.15) is 11.6 Å². The Morgan fingerprint density at radius 1 is 1.24 bits per heavy atom. The lowest BCUT2D eigenvalue weighted by Crippen LogP contribution is -2.08. The number of ether oxygens (including phenoxy) is 2. The maximum Gasteiger partial charge on any atom is 0.341 e. The molecule has 0 saturated carbocycles. The molecule has 0 bridgehead atoms. The molecule has 3 aromatic rings. The van der Waals surface area contributed by atoms with E-state index in [2.05, 4.69) is 26.1 Å². The molecule has 0 atom stereocenters. The Bertz CT molecular complexity index is 896. The molecule has 3 rings (SSSR count). The molecular weight excluding hydrogens is 395 g/mol. The van der Waals surface area contributed by atoms with Crippen LogP contribution in [0.2, 0.25) is 0 Å². The molecule has 2 aromatic carbocycles. The van der Waals surface area contributed by atoms with Crippen molar-refractivity contribution in [1.29, 1.82) is 0 Å². The Morgan fingerprint density at radius 3 is 2.68 bits per heavy atom. The highest BCUT2D eigenvalue weighted by atomic mass is 79.9. The predicted octanol–water partition coefficient (Wildman–Crippen LogP) is 4.00. The molecule has 0 fully saturated rings. The van der Waals surface area contributed by atoms with Crippen molar-refractivity contribution in [3.8, 4) is 17.2 Å². The Morgan fingerprint density at radius 2 is 2.00 bits per heavy atom. The van der Waals surface area contributed by atoms with Crippen LogP contribution in [0.1, 0.15) is 16.2 Å². The van der Waals surface area contributed by atoms with Crippen molar-refractivity contribution >= 4 is 21.9 Å². The third kappa shape index (κ3) is 4.03. The standard InChI is InChI=1S/C17H12BrFN2O4/c1-23-12-5-2-10(3-6-12)16-20-15(21-25-16)9-24-17(22)13-7-4-11(18)8-14(13)19/h2-8H,9H2,1H3. The monoisotopic (exact) mass is 406 g/mol. The van der Waals surface area contributed by atoms with Crippen LogP contribution in [0.25, 0.3) is 11.5 Å². The summed E-state index contributed by atoms with van der Waals surface area (Å²) in [5.74, 6) is -0.318. The lowest BCUT2D eigenvalue weighted by Gasteiger charge is -2.03. The van der Waals surface area contributed by atoms with Gasteiger partial charge in [-0.05, 0) is 42.5 Å². The summed E-state index contributed by atoms with van der Waals surface area (Å²) in [7, 11) is 1.57. The van der Waals surface area contributed by atoms with Crippen LogP contribution in [0, 0.1) is 5.82 Å². The average Bonchev–Trinajstić information content (AvgIpc) is 3.09. The first kappa shape index (κ1) is 17.1. The van der Waals surface area contributed by atoms with Gasteiger partial charge in [-0.1, -0.05) is 21.1 Å². The zero-order chi connectivity index (χ0) is 17.8. The number of halogens is 2. The molecule has 0 aliphatic rings. The molecule has 0 spiro atoms. The van der Waals surface area contributed by atoms with Crippen LogP contribution in [0.4, 0.5) is 4.39 Å². The van der Waals surface area contributed by atoms with Crippen molar-refractivity contribution in [2.75, 3.05) is 7.11 Å². The minimum absolute atomic E-state index is 0.165. The third-order valence-corrected chi connectivity index (χ3v) is 3.78. The number of nitrogens with zero attached hydrogens (tertiary/aromatic N) is 2. The van der Waals surface area contributed by atoms with E-state index in [9.17, 15) is 9.18 Å². The molecule has 0 aliphatic heterocycles. The topological polar surface area (TPSA) is 74.5 Å². The molecule has 0 aliphatic carbocycles. The maximum absolute atomic E-state index is 13.7. The van der Waals surface area contributed by atoms with Gasteiger partial charge in [0.15, 0.2) is 6.61 Å². The van der Waals surface area contributed by atoms with Crippen molar-refractivity contribution in [1.82, 2.24) is 10.1 Å². The molecule has 128 valence electrons. The second-order valence-corrected chi connectivity index (χ2v) is 5.86. The minimum Gasteiger partial charge on any atom is -0.497 e. The van der Waals surface area contributed by atoms with E-state index in [0.29, 0.717) is 15.8 Å². The molecule has 1 aromatic heterocycles. The Balaban J connectivity index is 1.66. The quantitative estimate of drug-likeness (QED) is 0.596. The van der Waals surface area contributed by atoms with Crippen LogP contribution in [-0.2, 0) is 11.3 Å². The molecule has 0 unspecified atom stereocenters. The van der Waals surface area contributed by atoms with Crippen LogP contribution < -0.4 is 4.74 Å². The van der Waals surface area contributed by atoms with Crippen molar-refractivity contribution in [2.45, 2.75) is 6.61 Å². The van der Waals surface area contributed by atoms with E-state index in [4.69, 9.17) is 14.0 Å². The number of hydrogen-bond acceptors (Lipinski definition) is 6. The highest BCUT2D eigenvalue weighted by Crippen LogP contribution is 2.21. The molecule has 1 heterocycles. The lowest BCUT2D eigenvalue weighted by molar-refractivity contribution is 0.0454. The Kier molecular flexibility index (Phi) is 5.08. The fourth-order valence-corrected chi connectivity index (χ4v) is 2.36. The first-order valence-electron chi connectivity index (χ1n) is 7.16. The van der Waals surface area contributed by atoms with Crippen LogP contribution in [-0.4, -0.2) is 23.2 Å². The summed E-state index contributed by atoms with van der Waals surface area (Å²) in [5.41, 5.74) is 0.534. The zero-order valence-electron chi connectivity index (χ0n) is 13.0. The second kappa shape index (κ2) is 7.43. The maximum atomic E-state index is 13.7. The third-order valence-electron chi connectivity index (χ3n) is 3.29. The molecule has 6 nitrogen and oxygen atoms in total. The largest absolute Gasteiger partial charge is 0.497 e. The minimum atomic E-state index is -0.805. The molecule has 0 N–H and O–H groups in total. The summed E-state index contributed by atoms with van der Waals surface area (Å²) in [6, 6.07) is 11.1. The molecule has 0 radical (unpaired) electrons. The van der Waals surface area contributed by atoms with Gasteiger partial charge in [0.2, 0.25) is 5.82 Å². The van der Waals surface area contributed by atoms with Gasteiger partial charge in [-0.3, -0.25) is 0 Å². The second-order valence-electron chi connectivity index (χ2n) is 4.94. The average molecular weight is 407 g/mol. The van der Waals surface area contributed by atoms with Gasteiger partial charge in [0.25, 0.3) is 5.89 Å². The van der Waals surface area contributed by atoms with Crippen LogP contribution in [0.15, 0.2) is 51.5 Å². The number of methoxy groups -OCH3 is 1. The number of hydrogen-bond donors (Lipinski definition) is 0. The van der Waals surface area contributed by atoms with Crippen molar-refractivity contribution in [3.63, 3.8) is 0 Å². The number of benzene rings is 2. The summed E-state index contributed by atoms with van der Waals surface area (Å²) in [6.07, 6.45) is 0. The number of aromatic nitrogens is 2. The van der Waals surface area contributed by atoms with E-state index in [1.54, 1.807) is 37.4 Å². The SMILES string of the molecule is COc1ccc(-c2nc(COC(=O)c3ccc(Br)cc3F)no2)cc1. The Hall–Kier alpha value is -2.74. The molecule has 8 heteroatoms. The van der Waals surface area contributed by atoms with E-state index in [-0.39, 0.29) is 23.9 Å².